The van der Waals surface area contributed by atoms with E-state index < -0.39 is 18.5 Å². The molecule has 7 heteroatoms. The lowest BCUT2D eigenvalue weighted by Gasteiger charge is -2.21. The summed E-state index contributed by atoms with van der Waals surface area (Å²) in [5.74, 6) is -0.775. The second-order valence-electron chi connectivity index (χ2n) is 3.15. The van der Waals surface area contributed by atoms with Gasteiger partial charge in [-0.25, -0.2) is 4.79 Å². The minimum atomic E-state index is -0.775. The minimum Gasteiger partial charge on any atom is -0.396 e. The van der Waals surface area contributed by atoms with Gasteiger partial charge in [0.05, 0.1) is 0 Å². The molecule has 0 aliphatic carbocycles. The van der Waals surface area contributed by atoms with Crippen molar-refractivity contribution in [1.82, 2.24) is 10.2 Å². The number of nitrogens with zero attached hydrogens (tertiary/aromatic N) is 1. The number of carbonyl (C=O) groups is 2. The molecular formula is C9H18N2O5. The summed E-state index contributed by atoms with van der Waals surface area (Å²) in [5.41, 5.74) is 0. The molecule has 0 aromatic carbocycles. The van der Waals surface area contributed by atoms with Gasteiger partial charge in [0.25, 0.3) is 5.91 Å². The SMILES string of the molecule is O=C(CO)NC(=O)N(CCCO)CCCO. The zero-order valence-corrected chi connectivity index (χ0v) is 9.06. The number of rotatable bonds is 7. The fourth-order valence-electron chi connectivity index (χ4n) is 1.08. The Labute approximate surface area is 93.7 Å². The van der Waals surface area contributed by atoms with E-state index >= 15 is 0 Å². The molecule has 3 amide bonds. The Kier molecular flexibility index (Phi) is 8.41. The largest absolute Gasteiger partial charge is 0.396 e. The first-order valence-corrected chi connectivity index (χ1v) is 5.07. The van der Waals surface area contributed by atoms with E-state index in [1.54, 1.807) is 0 Å². The normalized spacial score (nSPS) is 9.94. The summed E-state index contributed by atoms with van der Waals surface area (Å²) in [5, 5.41) is 27.7. The number of aliphatic hydroxyl groups is 3. The van der Waals surface area contributed by atoms with E-state index in [2.05, 4.69) is 0 Å². The quantitative estimate of drug-likeness (QED) is 0.419. The van der Waals surface area contributed by atoms with Gasteiger partial charge in [0.15, 0.2) is 0 Å². The van der Waals surface area contributed by atoms with Crippen LogP contribution in [0.4, 0.5) is 4.79 Å². The van der Waals surface area contributed by atoms with Gasteiger partial charge in [0.1, 0.15) is 6.61 Å². The van der Waals surface area contributed by atoms with E-state index in [1.807, 2.05) is 5.32 Å². The van der Waals surface area contributed by atoms with Crippen molar-refractivity contribution in [3.05, 3.63) is 0 Å². The number of amides is 3. The van der Waals surface area contributed by atoms with Crippen LogP contribution in [-0.2, 0) is 4.79 Å². The highest BCUT2D eigenvalue weighted by Crippen LogP contribution is 1.95. The van der Waals surface area contributed by atoms with Crippen molar-refractivity contribution in [2.75, 3.05) is 32.9 Å². The molecule has 0 saturated heterocycles. The molecule has 94 valence electrons. The van der Waals surface area contributed by atoms with E-state index in [4.69, 9.17) is 15.3 Å². The first kappa shape index (κ1) is 14.8. The third-order valence-corrected chi connectivity index (χ3v) is 1.85. The van der Waals surface area contributed by atoms with E-state index in [0.29, 0.717) is 25.9 Å². The minimum absolute atomic E-state index is 0.0587. The Morgan fingerprint density at radius 3 is 1.88 bits per heavy atom. The summed E-state index contributed by atoms with van der Waals surface area (Å²) in [6, 6.07) is -0.624. The van der Waals surface area contributed by atoms with Gasteiger partial charge >= 0.3 is 6.03 Å². The van der Waals surface area contributed by atoms with Gasteiger partial charge in [-0.15, -0.1) is 0 Å². The van der Waals surface area contributed by atoms with Crippen LogP contribution in [0.3, 0.4) is 0 Å². The highest BCUT2D eigenvalue weighted by molar-refractivity contribution is 5.94. The van der Waals surface area contributed by atoms with Crippen molar-refractivity contribution in [3.63, 3.8) is 0 Å². The molecule has 0 atom stereocenters. The maximum atomic E-state index is 11.4. The molecule has 7 nitrogen and oxygen atoms in total. The maximum absolute atomic E-state index is 11.4. The fourth-order valence-corrected chi connectivity index (χ4v) is 1.08. The molecule has 0 aromatic rings. The highest BCUT2D eigenvalue weighted by atomic mass is 16.3. The van der Waals surface area contributed by atoms with Crippen LogP contribution in [0.5, 0.6) is 0 Å². The van der Waals surface area contributed by atoms with Crippen LogP contribution in [0.1, 0.15) is 12.8 Å². The molecular weight excluding hydrogens is 216 g/mol. The summed E-state index contributed by atoms with van der Waals surface area (Å²) in [4.78, 5) is 23.5. The maximum Gasteiger partial charge on any atom is 0.324 e. The molecule has 0 unspecified atom stereocenters. The van der Waals surface area contributed by atoms with Crippen LogP contribution in [0.25, 0.3) is 0 Å². The van der Waals surface area contributed by atoms with Crippen LogP contribution >= 0.6 is 0 Å². The smallest absolute Gasteiger partial charge is 0.324 e. The third-order valence-electron chi connectivity index (χ3n) is 1.85. The lowest BCUT2D eigenvalue weighted by Crippen LogP contribution is -2.45. The Balaban J connectivity index is 4.13. The van der Waals surface area contributed by atoms with Gasteiger partial charge in [-0.2, -0.15) is 0 Å². The number of carbonyl (C=O) groups excluding carboxylic acids is 2. The summed E-state index contributed by atoms with van der Waals surface area (Å²) in [7, 11) is 0. The first-order valence-electron chi connectivity index (χ1n) is 5.07. The van der Waals surface area contributed by atoms with Crippen LogP contribution < -0.4 is 5.32 Å². The molecule has 0 bridgehead atoms. The number of nitrogens with one attached hydrogen (secondary N) is 1. The zero-order chi connectivity index (χ0) is 12.4. The predicted molar refractivity (Wildman–Crippen MR) is 55.6 cm³/mol. The van der Waals surface area contributed by atoms with Crippen LogP contribution in [0.2, 0.25) is 0 Å². The summed E-state index contributed by atoms with van der Waals surface area (Å²) in [6.07, 6.45) is 0.790. The molecule has 0 spiro atoms. The molecule has 0 rings (SSSR count). The van der Waals surface area contributed by atoms with Crippen molar-refractivity contribution < 1.29 is 24.9 Å². The molecule has 0 saturated carbocycles. The third kappa shape index (κ3) is 6.33. The lowest BCUT2D eigenvalue weighted by molar-refractivity contribution is -0.122. The van der Waals surface area contributed by atoms with Crippen molar-refractivity contribution >= 4 is 11.9 Å². The van der Waals surface area contributed by atoms with Crippen LogP contribution in [0, 0.1) is 0 Å². The van der Waals surface area contributed by atoms with Gasteiger partial charge in [0.2, 0.25) is 0 Å². The van der Waals surface area contributed by atoms with Crippen molar-refractivity contribution in [3.8, 4) is 0 Å². The summed E-state index contributed by atoms with van der Waals surface area (Å²) in [6.45, 7) is -0.282. The number of aliphatic hydroxyl groups excluding tert-OH is 3. The topological polar surface area (TPSA) is 110 Å². The zero-order valence-electron chi connectivity index (χ0n) is 9.06. The highest BCUT2D eigenvalue weighted by Gasteiger charge is 2.14. The molecule has 0 aliphatic rings. The Hall–Kier alpha value is -1.18. The predicted octanol–water partition coefficient (Wildman–Crippen LogP) is -1.72. The fraction of sp³-hybridized carbons (Fsp3) is 0.778. The summed E-state index contributed by atoms with van der Waals surface area (Å²) < 4.78 is 0. The molecule has 0 fully saturated rings. The molecule has 0 aromatic heterocycles. The van der Waals surface area contributed by atoms with E-state index in [-0.39, 0.29) is 13.2 Å². The first-order chi connectivity index (χ1) is 7.65. The Bertz CT molecular complexity index is 214. The molecule has 4 N–H and O–H groups in total. The van der Waals surface area contributed by atoms with Gasteiger partial charge in [0, 0.05) is 26.3 Å². The van der Waals surface area contributed by atoms with Gasteiger partial charge in [-0.1, -0.05) is 0 Å². The van der Waals surface area contributed by atoms with E-state index in [9.17, 15) is 9.59 Å². The molecule has 16 heavy (non-hydrogen) atoms. The average molecular weight is 234 g/mol. The number of hydrogen-bond donors (Lipinski definition) is 4. The lowest BCUT2D eigenvalue weighted by atomic mass is 10.3. The Morgan fingerprint density at radius 1 is 1.00 bits per heavy atom. The standard InChI is InChI=1S/C9H18N2O5/c12-5-1-3-11(4-2-6-13)9(16)10-8(15)7-14/h12-14H,1-7H2,(H,10,15,16). The Morgan fingerprint density at radius 2 is 1.50 bits per heavy atom. The monoisotopic (exact) mass is 234 g/mol. The molecule has 0 radical (unpaired) electrons. The van der Waals surface area contributed by atoms with Crippen LogP contribution in [-0.4, -0.2) is 65.1 Å². The van der Waals surface area contributed by atoms with E-state index in [1.165, 1.54) is 4.90 Å². The van der Waals surface area contributed by atoms with Crippen molar-refractivity contribution in [1.29, 1.82) is 0 Å². The number of urea groups is 1. The average Bonchev–Trinajstić information content (AvgIpc) is 2.28. The van der Waals surface area contributed by atoms with Gasteiger partial charge in [-0.3, -0.25) is 10.1 Å². The second-order valence-corrected chi connectivity index (χ2v) is 3.15. The number of imide groups is 1. The molecule has 0 heterocycles. The van der Waals surface area contributed by atoms with E-state index in [0.717, 1.165) is 0 Å². The van der Waals surface area contributed by atoms with Crippen LogP contribution in [0.15, 0.2) is 0 Å². The van der Waals surface area contributed by atoms with Gasteiger partial charge in [-0.05, 0) is 12.8 Å². The number of hydrogen-bond acceptors (Lipinski definition) is 5. The van der Waals surface area contributed by atoms with Gasteiger partial charge < -0.3 is 20.2 Å². The summed E-state index contributed by atoms with van der Waals surface area (Å²) >= 11 is 0. The molecule has 0 aliphatic heterocycles. The van der Waals surface area contributed by atoms with Crippen molar-refractivity contribution in [2.45, 2.75) is 12.8 Å². The second kappa shape index (κ2) is 9.08. The van der Waals surface area contributed by atoms with Crippen molar-refractivity contribution in [2.24, 2.45) is 0 Å².